The van der Waals surface area contributed by atoms with Gasteiger partial charge in [-0.1, -0.05) is 0 Å². The second kappa shape index (κ2) is 8.43. The van der Waals surface area contributed by atoms with Crippen LogP contribution >= 0.6 is 0 Å². The van der Waals surface area contributed by atoms with E-state index >= 15 is 0 Å². The van der Waals surface area contributed by atoms with Crippen LogP contribution in [-0.4, -0.2) is 44.7 Å². The Balaban J connectivity index is 1.81. The van der Waals surface area contributed by atoms with Crippen molar-refractivity contribution in [2.45, 2.75) is 31.6 Å². The van der Waals surface area contributed by atoms with Crippen LogP contribution in [0.1, 0.15) is 26.7 Å². The van der Waals surface area contributed by atoms with Crippen molar-refractivity contribution in [3.8, 4) is 11.5 Å². The van der Waals surface area contributed by atoms with Gasteiger partial charge in [-0.2, -0.15) is 0 Å². The standard InChI is InChI=1S/C18H24N4O4S/c1-3-25-15-7-8-17(16(11-15)26-4-2)27(23,24)21-14-12-19-18(20-13-14)22-9-5-6-10-22/h7-8,11-13,21H,3-6,9-10H2,1-2H3. The lowest BCUT2D eigenvalue weighted by atomic mass is 10.3. The molecule has 0 unspecified atom stereocenters. The summed E-state index contributed by atoms with van der Waals surface area (Å²) >= 11 is 0. The molecule has 1 N–H and O–H groups in total. The Morgan fingerprint density at radius 1 is 1.07 bits per heavy atom. The minimum Gasteiger partial charge on any atom is -0.494 e. The molecule has 27 heavy (non-hydrogen) atoms. The second-order valence-electron chi connectivity index (χ2n) is 6.05. The predicted molar refractivity (Wildman–Crippen MR) is 103 cm³/mol. The van der Waals surface area contributed by atoms with E-state index in [9.17, 15) is 8.42 Å². The number of hydrogen-bond acceptors (Lipinski definition) is 7. The van der Waals surface area contributed by atoms with Crippen molar-refractivity contribution < 1.29 is 17.9 Å². The van der Waals surface area contributed by atoms with Crippen molar-refractivity contribution in [3.63, 3.8) is 0 Å². The summed E-state index contributed by atoms with van der Waals surface area (Å²) < 4.78 is 39.0. The first-order valence-corrected chi connectivity index (χ1v) is 10.5. The molecule has 1 aliphatic heterocycles. The van der Waals surface area contributed by atoms with Gasteiger partial charge in [-0.25, -0.2) is 18.4 Å². The van der Waals surface area contributed by atoms with Gasteiger partial charge in [0.15, 0.2) is 0 Å². The molecule has 1 saturated heterocycles. The summed E-state index contributed by atoms with van der Waals surface area (Å²) in [5, 5.41) is 0. The lowest BCUT2D eigenvalue weighted by molar-refractivity contribution is 0.317. The van der Waals surface area contributed by atoms with E-state index in [-0.39, 0.29) is 10.6 Å². The van der Waals surface area contributed by atoms with Crippen LogP contribution in [0.3, 0.4) is 0 Å². The maximum atomic E-state index is 12.8. The van der Waals surface area contributed by atoms with Crippen molar-refractivity contribution in [3.05, 3.63) is 30.6 Å². The number of rotatable bonds is 8. The molecule has 0 amide bonds. The molecule has 0 saturated carbocycles. The van der Waals surface area contributed by atoms with E-state index in [0.717, 1.165) is 25.9 Å². The number of aromatic nitrogens is 2. The van der Waals surface area contributed by atoms with Crippen LogP contribution in [0.15, 0.2) is 35.5 Å². The fraction of sp³-hybridized carbons (Fsp3) is 0.444. The molecule has 0 radical (unpaired) electrons. The maximum absolute atomic E-state index is 12.8. The highest BCUT2D eigenvalue weighted by molar-refractivity contribution is 7.92. The third-order valence-corrected chi connectivity index (χ3v) is 5.52. The number of benzene rings is 1. The highest BCUT2D eigenvalue weighted by Crippen LogP contribution is 2.30. The van der Waals surface area contributed by atoms with E-state index in [0.29, 0.717) is 30.6 Å². The second-order valence-corrected chi connectivity index (χ2v) is 7.70. The summed E-state index contributed by atoms with van der Waals surface area (Å²) in [7, 11) is -3.85. The van der Waals surface area contributed by atoms with Crippen LogP contribution in [0.2, 0.25) is 0 Å². The SMILES string of the molecule is CCOc1ccc(S(=O)(=O)Nc2cnc(N3CCCC3)nc2)c(OCC)c1. The van der Waals surface area contributed by atoms with Crippen molar-refractivity contribution in [2.24, 2.45) is 0 Å². The van der Waals surface area contributed by atoms with E-state index in [1.807, 2.05) is 6.92 Å². The third-order valence-electron chi connectivity index (χ3n) is 4.09. The van der Waals surface area contributed by atoms with E-state index < -0.39 is 10.0 Å². The number of nitrogens with zero attached hydrogens (tertiary/aromatic N) is 3. The van der Waals surface area contributed by atoms with E-state index in [1.54, 1.807) is 19.1 Å². The summed E-state index contributed by atoms with van der Waals surface area (Å²) in [6, 6.07) is 4.65. The van der Waals surface area contributed by atoms with Crippen LogP contribution in [0.25, 0.3) is 0 Å². The number of hydrogen-bond donors (Lipinski definition) is 1. The number of ether oxygens (including phenoxy) is 2. The van der Waals surface area contributed by atoms with Gasteiger partial charge in [0.1, 0.15) is 16.4 Å². The molecule has 0 spiro atoms. The lowest BCUT2D eigenvalue weighted by Gasteiger charge is -2.16. The molecule has 8 nitrogen and oxygen atoms in total. The van der Waals surface area contributed by atoms with Gasteiger partial charge in [0, 0.05) is 19.2 Å². The van der Waals surface area contributed by atoms with E-state index in [4.69, 9.17) is 9.47 Å². The number of nitrogens with one attached hydrogen (secondary N) is 1. The number of anilines is 2. The van der Waals surface area contributed by atoms with Crippen molar-refractivity contribution >= 4 is 21.7 Å². The summed E-state index contributed by atoms with van der Waals surface area (Å²) in [5.41, 5.74) is 0.300. The van der Waals surface area contributed by atoms with Gasteiger partial charge in [0.2, 0.25) is 5.95 Å². The summed E-state index contributed by atoms with van der Waals surface area (Å²) in [5.74, 6) is 1.41. The Hall–Kier alpha value is -2.55. The summed E-state index contributed by atoms with van der Waals surface area (Å²) in [6.07, 6.45) is 5.20. The summed E-state index contributed by atoms with van der Waals surface area (Å²) in [6.45, 7) is 6.33. The molecule has 1 aromatic carbocycles. The molecule has 2 aromatic rings. The molecule has 0 bridgehead atoms. The average molecular weight is 392 g/mol. The molecule has 9 heteroatoms. The highest BCUT2D eigenvalue weighted by Gasteiger charge is 2.22. The topological polar surface area (TPSA) is 93.7 Å². The third kappa shape index (κ3) is 4.60. The fourth-order valence-corrected chi connectivity index (χ4v) is 4.06. The quantitative estimate of drug-likeness (QED) is 0.738. The molecule has 0 atom stereocenters. The first kappa shape index (κ1) is 19.2. The Morgan fingerprint density at radius 2 is 1.74 bits per heavy atom. The van der Waals surface area contributed by atoms with Gasteiger partial charge >= 0.3 is 0 Å². The molecule has 146 valence electrons. The molecule has 0 aliphatic carbocycles. The van der Waals surface area contributed by atoms with Gasteiger partial charge in [-0.15, -0.1) is 0 Å². The molecular weight excluding hydrogens is 368 g/mol. The minimum absolute atomic E-state index is 0.0384. The van der Waals surface area contributed by atoms with Gasteiger partial charge in [-0.3, -0.25) is 4.72 Å². The van der Waals surface area contributed by atoms with Gasteiger partial charge in [-0.05, 0) is 38.8 Å². The highest BCUT2D eigenvalue weighted by atomic mass is 32.2. The largest absolute Gasteiger partial charge is 0.494 e. The van der Waals surface area contributed by atoms with Crippen LogP contribution in [0.4, 0.5) is 11.6 Å². The molecule has 1 aliphatic rings. The molecular formula is C18H24N4O4S. The van der Waals surface area contributed by atoms with E-state index in [2.05, 4.69) is 19.6 Å². The lowest BCUT2D eigenvalue weighted by Crippen LogP contribution is -2.20. The van der Waals surface area contributed by atoms with Crippen molar-refractivity contribution in [1.29, 1.82) is 0 Å². The Bertz CT molecular complexity index is 865. The number of sulfonamides is 1. The van der Waals surface area contributed by atoms with Crippen LogP contribution in [0.5, 0.6) is 11.5 Å². The smallest absolute Gasteiger partial charge is 0.265 e. The Kier molecular flexibility index (Phi) is 6.00. The van der Waals surface area contributed by atoms with Crippen molar-refractivity contribution in [2.75, 3.05) is 35.9 Å². The maximum Gasteiger partial charge on any atom is 0.265 e. The molecule has 3 rings (SSSR count). The first-order chi connectivity index (χ1) is 13.0. The fourth-order valence-electron chi connectivity index (χ4n) is 2.90. The zero-order valence-electron chi connectivity index (χ0n) is 15.5. The van der Waals surface area contributed by atoms with Gasteiger partial charge in [0.25, 0.3) is 10.0 Å². The Morgan fingerprint density at radius 3 is 2.37 bits per heavy atom. The zero-order valence-corrected chi connectivity index (χ0v) is 16.3. The minimum atomic E-state index is -3.85. The molecule has 1 aromatic heterocycles. The first-order valence-electron chi connectivity index (χ1n) is 9.03. The van der Waals surface area contributed by atoms with Crippen LogP contribution in [0, 0.1) is 0 Å². The van der Waals surface area contributed by atoms with Gasteiger partial charge < -0.3 is 14.4 Å². The van der Waals surface area contributed by atoms with Crippen molar-refractivity contribution in [1.82, 2.24) is 9.97 Å². The Labute approximate surface area is 159 Å². The normalized spacial score (nSPS) is 14.2. The van der Waals surface area contributed by atoms with Gasteiger partial charge in [0.05, 0.1) is 31.3 Å². The summed E-state index contributed by atoms with van der Waals surface area (Å²) in [4.78, 5) is 10.7. The van der Waals surface area contributed by atoms with E-state index in [1.165, 1.54) is 18.5 Å². The average Bonchev–Trinajstić information content (AvgIpc) is 3.17. The zero-order chi connectivity index (χ0) is 19.3. The predicted octanol–water partition coefficient (Wildman–Crippen LogP) is 2.68. The van der Waals surface area contributed by atoms with Crippen LogP contribution in [-0.2, 0) is 10.0 Å². The monoisotopic (exact) mass is 392 g/mol. The molecule has 2 heterocycles. The van der Waals surface area contributed by atoms with Crippen LogP contribution < -0.4 is 19.1 Å². The molecule has 1 fully saturated rings.